The molecule has 0 radical (unpaired) electrons. The summed E-state index contributed by atoms with van der Waals surface area (Å²) in [5.74, 6) is 0.287. The second-order valence-electron chi connectivity index (χ2n) is 5.41. The Morgan fingerprint density at radius 2 is 2.11 bits per heavy atom. The molecule has 1 aromatic rings. The number of carbonyl (C=O) groups excluding carboxylic acids is 1. The molecule has 0 unspecified atom stereocenters. The number of amides is 1. The van der Waals surface area contributed by atoms with Crippen LogP contribution in [-0.2, 0) is 4.79 Å². The highest BCUT2D eigenvalue weighted by molar-refractivity contribution is 5.79. The van der Waals surface area contributed by atoms with Crippen molar-refractivity contribution in [3.05, 3.63) is 35.4 Å². The van der Waals surface area contributed by atoms with Crippen LogP contribution in [0.3, 0.4) is 0 Å². The smallest absolute Gasteiger partial charge is 0.234 e. The summed E-state index contributed by atoms with van der Waals surface area (Å²) in [6.45, 7) is 7.16. The van der Waals surface area contributed by atoms with Crippen LogP contribution in [0, 0.1) is 6.92 Å². The molecule has 1 aliphatic rings. The van der Waals surface area contributed by atoms with Gasteiger partial charge in [-0.05, 0) is 44.2 Å². The first-order valence-electron chi connectivity index (χ1n) is 6.61. The van der Waals surface area contributed by atoms with Crippen LogP contribution in [0.4, 0.5) is 0 Å². The summed E-state index contributed by atoms with van der Waals surface area (Å²) in [4.78, 5) is 13.5. The third-order valence-corrected chi connectivity index (χ3v) is 4.16. The normalized spacial score (nSPS) is 26.2. The number of hydrogen-bond acceptors (Lipinski definition) is 2. The minimum atomic E-state index is -0.229. The molecule has 3 atom stereocenters. The number of nitrogens with two attached hydrogens (primary N) is 1. The summed E-state index contributed by atoms with van der Waals surface area (Å²) < 4.78 is 0. The molecule has 0 bridgehead atoms. The Hall–Kier alpha value is -1.35. The van der Waals surface area contributed by atoms with E-state index in [4.69, 9.17) is 5.73 Å². The van der Waals surface area contributed by atoms with Gasteiger partial charge in [0.1, 0.15) is 0 Å². The SMILES string of the molecule is Cc1ccccc1[C@@H]1C[C@@H](C)N([C@H](C)C(N)=O)C1. The van der Waals surface area contributed by atoms with Gasteiger partial charge in [0, 0.05) is 12.6 Å². The van der Waals surface area contributed by atoms with Crippen LogP contribution in [0.15, 0.2) is 24.3 Å². The zero-order valence-corrected chi connectivity index (χ0v) is 11.4. The summed E-state index contributed by atoms with van der Waals surface area (Å²) in [6.07, 6.45) is 1.10. The first-order valence-corrected chi connectivity index (χ1v) is 6.61. The highest BCUT2D eigenvalue weighted by Gasteiger charge is 2.35. The van der Waals surface area contributed by atoms with Gasteiger partial charge in [-0.25, -0.2) is 0 Å². The Morgan fingerprint density at radius 3 is 2.72 bits per heavy atom. The first kappa shape index (κ1) is 13.1. The van der Waals surface area contributed by atoms with Gasteiger partial charge in [-0.15, -0.1) is 0 Å². The minimum Gasteiger partial charge on any atom is -0.368 e. The topological polar surface area (TPSA) is 46.3 Å². The van der Waals surface area contributed by atoms with Gasteiger partial charge in [0.15, 0.2) is 0 Å². The van der Waals surface area contributed by atoms with Crippen LogP contribution in [0.25, 0.3) is 0 Å². The third kappa shape index (κ3) is 2.41. The molecule has 0 aromatic heterocycles. The summed E-state index contributed by atoms with van der Waals surface area (Å²) in [5, 5.41) is 0. The van der Waals surface area contributed by atoms with Crippen molar-refractivity contribution in [3.8, 4) is 0 Å². The maximum Gasteiger partial charge on any atom is 0.234 e. The molecule has 2 N–H and O–H groups in total. The molecular weight excluding hydrogens is 224 g/mol. The number of aryl methyl sites for hydroxylation is 1. The fourth-order valence-electron chi connectivity index (χ4n) is 3.03. The Labute approximate surface area is 109 Å². The molecular formula is C15H22N2O. The Bertz CT molecular complexity index is 444. The molecule has 18 heavy (non-hydrogen) atoms. The lowest BCUT2D eigenvalue weighted by Crippen LogP contribution is -2.44. The second kappa shape index (κ2) is 5.11. The molecule has 1 saturated heterocycles. The quantitative estimate of drug-likeness (QED) is 0.887. The second-order valence-corrected chi connectivity index (χ2v) is 5.41. The van der Waals surface area contributed by atoms with E-state index in [9.17, 15) is 4.79 Å². The largest absolute Gasteiger partial charge is 0.368 e. The zero-order valence-electron chi connectivity index (χ0n) is 11.4. The Morgan fingerprint density at radius 1 is 1.44 bits per heavy atom. The molecule has 1 fully saturated rings. The van der Waals surface area contributed by atoms with Crippen molar-refractivity contribution >= 4 is 5.91 Å². The van der Waals surface area contributed by atoms with E-state index in [0.717, 1.165) is 13.0 Å². The van der Waals surface area contributed by atoms with Crippen LogP contribution < -0.4 is 5.73 Å². The van der Waals surface area contributed by atoms with Crippen molar-refractivity contribution in [1.82, 2.24) is 4.90 Å². The van der Waals surface area contributed by atoms with Gasteiger partial charge in [0.05, 0.1) is 6.04 Å². The molecule has 0 spiro atoms. The van der Waals surface area contributed by atoms with E-state index >= 15 is 0 Å². The van der Waals surface area contributed by atoms with Crippen molar-refractivity contribution in [2.45, 2.75) is 45.2 Å². The van der Waals surface area contributed by atoms with Gasteiger partial charge < -0.3 is 5.73 Å². The lowest BCUT2D eigenvalue weighted by Gasteiger charge is -2.26. The van der Waals surface area contributed by atoms with E-state index < -0.39 is 0 Å². The number of carbonyl (C=O) groups is 1. The van der Waals surface area contributed by atoms with E-state index in [1.165, 1.54) is 11.1 Å². The first-order chi connectivity index (χ1) is 8.50. The Kier molecular flexibility index (Phi) is 3.71. The average Bonchev–Trinajstić information content (AvgIpc) is 2.70. The van der Waals surface area contributed by atoms with Gasteiger partial charge in [-0.1, -0.05) is 24.3 Å². The van der Waals surface area contributed by atoms with Gasteiger partial charge in [0.2, 0.25) is 5.91 Å². The molecule has 1 heterocycles. The molecule has 1 aromatic carbocycles. The van der Waals surface area contributed by atoms with E-state index in [2.05, 4.69) is 43.0 Å². The van der Waals surface area contributed by atoms with Crippen LogP contribution in [0.1, 0.15) is 37.3 Å². The molecule has 1 aliphatic heterocycles. The predicted molar refractivity (Wildman–Crippen MR) is 73.4 cm³/mol. The molecule has 3 heteroatoms. The van der Waals surface area contributed by atoms with E-state index in [1.807, 2.05) is 6.92 Å². The maximum atomic E-state index is 11.3. The highest BCUT2D eigenvalue weighted by Crippen LogP contribution is 2.34. The van der Waals surface area contributed by atoms with Crippen molar-refractivity contribution in [1.29, 1.82) is 0 Å². The summed E-state index contributed by atoms with van der Waals surface area (Å²) in [6, 6.07) is 8.76. The molecule has 0 aliphatic carbocycles. The van der Waals surface area contributed by atoms with Crippen LogP contribution in [0.5, 0.6) is 0 Å². The summed E-state index contributed by atoms with van der Waals surface area (Å²) in [7, 11) is 0. The van der Waals surface area contributed by atoms with Gasteiger partial charge in [-0.2, -0.15) is 0 Å². The zero-order chi connectivity index (χ0) is 13.3. The molecule has 0 saturated carbocycles. The van der Waals surface area contributed by atoms with Crippen molar-refractivity contribution in [2.24, 2.45) is 5.73 Å². The average molecular weight is 246 g/mol. The van der Waals surface area contributed by atoms with Crippen LogP contribution in [0.2, 0.25) is 0 Å². The number of benzene rings is 1. The standard InChI is InChI=1S/C15H22N2O/c1-10-6-4-5-7-14(10)13-8-11(2)17(9-13)12(3)15(16)18/h4-7,11-13H,8-9H2,1-3H3,(H2,16,18)/t11-,12-,13-/m1/s1. The highest BCUT2D eigenvalue weighted by atomic mass is 16.1. The predicted octanol–water partition coefficient (Wildman–Crippen LogP) is 2.05. The maximum absolute atomic E-state index is 11.3. The number of nitrogens with zero attached hydrogens (tertiary/aromatic N) is 1. The van der Waals surface area contributed by atoms with Crippen LogP contribution in [-0.4, -0.2) is 29.4 Å². The summed E-state index contributed by atoms with van der Waals surface area (Å²) in [5.41, 5.74) is 8.15. The fraction of sp³-hybridized carbons (Fsp3) is 0.533. The van der Waals surface area contributed by atoms with Crippen molar-refractivity contribution < 1.29 is 4.79 Å². The van der Waals surface area contributed by atoms with Crippen molar-refractivity contribution in [3.63, 3.8) is 0 Å². The fourth-order valence-corrected chi connectivity index (χ4v) is 3.03. The van der Waals surface area contributed by atoms with E-state index in [1.54, 1.807) is 0 Å². The molecule has 2 rings (SSSR count). The minimum absolute atomic E-state index is 0.172. The van der Waals surface area contributed by atoms with Crippen molar-refractivity contribution in [2.75, 3.05) is 6.54 Å². The Balaban J connectivity index is 2.16. The third-order valence-electron chi connectivity index (χ3n) is 4.16. The van der Waals surface area contributed by atoms with E-state index in [0.29, 0.717) is 12.0 Å². The lowest BCUT2D eigenvalue weighted by atomic mass is 9.93. The molecule has 1 amide bonds. The molecule has 98 valence electrons. The van der Waals surface area contributed by atoms with Gasteiger partial charge in [0.25, 0.3) is 0 Å². The number of hydrogen-bond donors (Lipinski definition) is 1. The number of primary amides is 1. The molecule has 3 nitrogen and oxygen atoms in total. The lowest BCUT2D eigenvalue weighted by molar-refractivity contribution is -0.122. The summed E-state index contributed by atoms with van der Waals surface area (Å²) >= 11 is 0. The number of likely N-dealkylation sites (tertiary alicyclic amines) is 1. The van der Waals surface area contributed by atoms with E-state index in [-0.39, 0.29) is 11.9 Å². The van der Waals surface area contributed by atoms with Crippen LogP contribution >= 0.6 is 0 Å². The monoisotopic (exact) mass is 246 g/mol. The number of rotatable bonds is 3. The van der Waals surface area contributed by atoms with Gasteiger partial charge in [-0.3, -0.25) is 9.69 Å². The van der Waals surface area contributed by atoms with Gasteiger partial charge >= 0.3 is 0 Å².